The maximum absolute atomic E-state index is 14.6. The third kappa shape index (κ3) is 4.06. The molecule has 3 rings (SSSR count). The number of rotatable bonds is 5. The summed E-state index contributed by atoms with van der Waals surface area (Å²) in [5, 5.41) is 13.4. The van der Waals surface area contributed by atoms with Gasteiger partial charge in [-0.25, -0.2) is 22.1 Å². The van der Waals surface area contributed by atoms with Crippen molar-refractivity contribution in [1.82, 2.24) is 14.6 Å². The van der Waals surface area contributed by atoms with Crippen LogP contribution in [0, 0.1) is 11.2 Å². The molecule has 3 N–H and O–H groups in total. The van der Waals surface area contributed by atoms with Crippen molar-refractivity contribution in [2.45, 2.75) is 19.4 Å². The second kappa shape index (κ2) is 7.90. The van der Waals surface area contributed by atoms with Crippen LogP contribution in [0.1, 0.15) is 29.9 Å². The molecular weight excluding hydrogens is 413 g/mol. The van der Waals surface area contributed by atoms with Crippen LogP contribution in [0.15, 0.2) is 36.5 Å². The molecule has 160 valence electrons. The predicted molar refractivity (Wildman–Crippen MR) is 110 cm³/mol. The van der Waals surface area contributed by atoms with Gasteiger partial charge in [-0.3, -0.25) is 10.2 Å². The first-order chi connectivity index (χ1) is 14.1. The molecule has 1 saturated heterocycles. The molecule has 2 heterocycles. The van der Waals surface area contributed by atoms with Crippen LogP contribution in [0.5, 0.6) is 5.75 Å². The van der Waals surface area contributed by atoms with Crippen molar-refractivity contribution in [3.05, 3.63) is 53.6 Å². The summed E-state index contributed by atoms with van der Waals surface area (Å²) < 4.78 is 45.7. The molecule has 0 bridgehead atoms. The van der Waals surface area contributed by atoms with E-state index in [2.05, 4.69) is 15.6 Å². The molecule has 1 aliphatic heterocycles. The average molecular weight is 435 g/mol. The fraction of sp³-hybridized carbons (Fsp3) is 0.316. The van der Waals surface area contributed by atoms with Crippen molar-refractivity contribution in [2.24, 2.45) is 0 Å². The zero-order valence-electron chi connectivity index (χ0n) is 16.7. The highest BCUT2D eigenvalue weighted by Gasteiger charge is 2.44. The van der Waals surface area contributed by atoms with Gasteiger partial charge in [0.05, 0.1) is 24.6 Å². The van der Waals surface area contributed by atoms with Crippen molar-refractivity contribution in [2.75, 3.05) is 24.7 Å². The highest BCUT2D eigenvalue weighted by molar-refractivity contribution is 7.89. The minimum atomic E-state index is -3.81. The van der Waals surface area contributed by atoms with E-state index in [0.29, 0.717) is 5.75 Å². The van der Waals surface area contributed by atoms with Crippen molar-refractivity contribution in [1.29, 1.82) is 5.41 Å². The number of sulfonamides is 1. The number of ether oxygens (including phenoxy) is 1. The highest BCUT2D eigenvalue weighted by Crippen LogP contribution is 2.32. The van der Waals surface area contributed by atoms with Gasteiger partial charge >= 0.3 is 0 Å². The summed E-state index contributed by atoms with van der Waals surface area (Å²) >= 11 is 0. The summed E-state index contributed by atoms with van der Waals surface area (Å²) in [4.78, 5) is 16.4. The number of hydrogen-bond donors (Lipinski definition) is 3. The number of nitrogens with zero attached hydrogens (tertiary/aromatic N) is 2. The van der Waals surface area contributed by atoms with Gasteiger partial charge in [-0.2, -0.15) is 0 Å². The third-order valence-electron chi connectivity index (χ3n) is 4.76. The summed E-state index contributed by atoms with van der Waals surface area (Å²) in [6.45, 7) is 3.21. The first-order valence-corrected chi connectivity index (χ1v) is 10.7. The highest BCUT2D eigenvalue weighted by atomic mass is 32.2. The SMILES string of the molecule is CCN1C(=N)N[C@](C)(c2cc(NC(=O)c3ccc(OC)cn3)ccc2F)CS1(=O)=O. The van der Waals surface area contributed by atoms with Gasteiger partial charge in [-0.1, -0.05) is 0 Å². The molecule has 2 aromatic rings. The number of guanidine groups is 1. The molecule has 0 spiro atoms. The summed E-state index contributed by atoms with van der Waals surface area (Å²) in [5.41, 5.74) is -0.970. The Morgan fingerprint density at radius 1 is 1.40 bits per heavy atom. The summed E-state index contributed by atoms with van der Waals surface area (Å²) in [6, 6.07) is 6.93. The van der Waals surface area contributed by atoms with E-state index in [1.54, 1.807) is 13.0 Å². The summed E-state index contributed by atoms with van der Waals surface area (Å²) in [7, 11) is -2.33. The number of methoxy groups -OCH3 is 1. The number of carbonyl (C=O) groups is 1. The molecule has 0 aliphatic carbocycles. The van der Waals surface area contributed by atoms with E-state index in [1.807, 2.05) is 0 Å². The molecule has 0 unspecified atom stereocenters. The van der Waals surface area contributed by atoms with Gasteiger partial charge in [0.1, 0.15) is 17.3 Å². The van der Waals surface area contributed by atoms with E-state index in [0.717, 1.165) is 10.4 Å². The Bertz CT molecular complexity index is 1090. The van der Waals surface area contributed by atoms with E-state index >= 15 is 0 Å². The van der Waals surface area contributed by atoms with E-state index in [9.17, 15) is 17.6 Å². The molecule has 30 heavy (non-hydrogen) atoms. The van der Waals surface area contributed by atoms with E-state index in [4.69, 9.17) is 10.1 Å². The normalized spacial score (nSPS) is 20.4. The molecule has 1 amide bonds. The first-order valence-electron chi connectivity index (χ1n) is 9.08. The lowest BCUT2D eigenvalue weighted by atomic mass is 9.93. The number of aromatic nitrogens is 1. The molecule has 0 radical (unpaired) electrons. The quantitative estimate of drug-likeness (QED) is 0.659. The zero-order valence-corrected chi connectivity index (χ0v) is 17.5. The summed E-state index contributed by atoms with van der Waals surface area (Å²) in [5.74, 6) is -1.45. The van der Waals surface area contributed by atoms with Gasteiger partial charge in [0.15, 0.2) is 0 Å². The van der Waals surface area contributed by atoms with Crippen molar-refractivity contribution >= 4 is 27.6 Å². The lowest BCUT2D eigenvalue weighted by Gasteiger charge is -2.41. The second-order valence-electron chi connectivity index (χ2n) is 6.96. The number of halogens is 1. The number of amides is 1. The third-order valence-corrected chi connectivity index (χ3v) is 6.82. The maximum atomic E-state index is 14.6. The van der Waals surface area contributed by atoms with Crippen LogP contribution in [0.2, 0.25) is 0 Å². The molecule has 1 aromatic heterocycles. The Morgan fingerprint density at radius 2 is 2.13 bits per heavy atom. The monoisotopic (exact) mass is 435 g/mol. The van der Waals surface area contributed by atoms with Crippen LogP contribution < -0.4 is 15.4 Å². The minimum absolute atomic E-state index is 0.0204. The number of anilines is 1. The van der Waals surface area contributed by atoms with Gasteiger partial charge in [-0.05, 0) is 44.2 Å². The molecule has 11 heteroatoms. The van der Waals surface area contributed by atoms with Crippen LogP contribution in [0.25, 0.3) is 0 Å². The van der Waals surface area contributed by atoms with Crippen LogP contribution in [0.3, 0.4) is 0 Å². The average Bonchev–Trinajstić information content (AvgIpc) is 2.68. The standard InChI is InChI=1S/C19H22FN5O4S/c1-4-25-18(21)24-19(2,11-30(25,27)28)14-9-12(5-7-15(14)20)23-17(26)16-8-6-13(29-3)10-22-16/h5-10H,4,11H2,1-3H3,(H2,21,24)(H,23,26)/t19-/m0/s1. The first kappa shape index (κ1) is 21.5. The topological polar surface area (TPSA) is 124 Å². The smallest absolute Gasteiger partial charge is 0.274 e. The second-order valence-corrected chi connectivity index (χ2v) is 8.85. The van der Waals surface area contributed by atoms with Crippen LogP contribution in [-0.4, -0.2) is 49.0 Å². The Balaban J connectivity index is 1.89. The molecule has 0 saturated carbocycles. The summed E-state index contributed by atoms with van der Waals surface area (Å²) in [6.07, 6.45) is 1.40. The van der Waals surface area contributed by atoms with Crippen molar-refractivity contribution < 1.29 is 22.3 Å². The minimum Gasteiger partial charge on any atom is -0.495 e. The zero-order chi connectivity index (χ0) is 22.1. The van der Waals surface area contributed by atoms with Gasteiger partial charge < -0.3 is 15.4 Å². The van der Waals surface area contributed by atoms with Gasteiger partial charge in [0.25, 0.3) is 5.91 Å². The molecule has 1 aliphatic rings. The van der Waals surface area contributed by atoms with Gasteiger partial charge in [0, 0.05) is 17.8 Å². The van der Waals surface area contributed by atoms with Crippen LogP contribution in [0.4, 0.5) is 10.1 Å². The lowest BCUT2D eigenvalue weighted by Crippen LogP contribution is -2.62. The largest absolute Gasteiger partial charge is 0.495 e. The van der Waals surface area contributed by atoms with E-state index in [-0.39, 0.29) is 29.4 Å². The Hall–Kier alpha value is -3.21. The van der Waals surface area contributed by atoms with E-state index < -0.39 is 33.0 Å². The number of pyridine rings is 1. The van der Waals surface area contributed by atoms with Crippen molar-refractivity contribution in [3.63, 3.8) is 0 Å². The van der Waals surface area contributed by atoms with Gasteiger partial charge in [0.2, 0.25) is 16.0 Å². The van der Waals surface area contributed by atoms with E-state index in [1.165, 1.54) is 38.4 Å². The maximum Gasteiger partial charge on any atom is 0.274 e. The number of hydrogen-bond acceptors (Lipinski definition) is 6. The Morgan fingerprint density at radius 3 is 2.70 bits per heavy atom. The molecule has 1 aromatic carbocycles. The molecule has 1 fully saturated rings. The fourth-order valence-corrected chi connectivity index (χ4v) is 5.13. The Kier molecular flexibility index (Phi) is 5.66. The molecule has 1 atom stereocenters. The Labute approximate surface area is 173 Å². The predicted octanol–water partition coefficient (Wildman–Crippen LogP) is 1.89. The number of benzene rings is 1. The van der Waals surface area contributed by atoms with Crippen LogP contribution in [-0.2, 0) is 15.6 Å². The number of nitrogens with one attached hydrogen (secondary N) is 3. The lowest BCUT2D eigenvalue weighted by molar-refractivity contribution is 0.102. The van der Waals surface area contributed by atoms with Crippen LogP contribution >= 0.6 is 0 Å². The fourth-order valence-electron chi connectivity index (χ4n) is 3.30. The van der Waals surface area contributed by atoms with Gasteiger partial charge in [-0.15, -0.1) is 0 Å². The molecule has 9 nitrogen and oxygen atoms in total. The van der Waals surface area contributed by atoms with Crippen molar-refractivity contribution in [3.8, 4) is 5.75 Å². The number of carbonyl (C=O) groups excluding carboxylic acids is 1. The molecular formula is C19H22FN5O4S.